The Kier molecular flexibility index (Phi) is 12.3. The van der Waals surface area contributed by atoms with Gasteiger partial charge in [-0.3, -0.25) is 15.5 Å². The summed E-state index contributed by atoms with van der Waals surface area (Å²) in [6.07, 6.45) is -1.68. The molecule has 2 atom stereocenters. The van der Waals surface area contributed by atoms with Crippen molar-refractivity contribution in [2.75, 3.05) is 13.1 Å². The number of aliphatic imine (C=N–C) groups is 1. The fraction of sp³-hybridized carbons (Fsp3) is 0.714. The smallest absolute Gasteiger partial charge is 0.724 e. The van der Waals surface area contributed by atoms with Gasteiger partial charge in [0.2, 0.25) is 22.3 Å². The topological polar surface area (TPSA) is 232 Å². The van der Waals surface area contributed by atoms with Crippen LogP contribution in [0.5, 0.6) is 0 Å². The van der Waals surface area contributed by atoms with Crippen molar-refractivity contribution in [2.45, 2.75) is 84.1 Å². The Morgan fingerprint density at radius 2 is 1.68 bits per heavy atom. The summed E-state index contributed by atoms with van der Waals surface area (Å²) < 4.78 is 47.2. The Labute approximate surface area is 254 Å². The van der Waals surface area contributed by atoms with Crippen LogP contribution in [0.25, 0.3) is 0 Å². The Morgan fingerprint density at radius 3 is 2.23 bits per heavy atom. The molecule has 0 aromatic rings. The predicted molar refractivity (Wildman–Crippen MR) is 133 cm³/mol. The van der Waals surface area contributed by atoms with Gasteiger partial charge >= 0.3 is 47.8 Å². The van der Waals surface area contributed by atoms with Crippen LogP contribution < -0.4 is 45.5 Å². The second-order valence-corrected chi connectivity index (χ2v) is 11.7. The SMILES string of the molecule is CC(C)(C)OC(=O)/N=C(/NCCC(=O)NC(=N)[C@@H]1CC[C@@H]2CN1C(=O)N2OS(=O)(=O)[O-])NC(=O)OC(C)(C)C.[Na+]. The summed E-state index contributed by atoms with van der Waals surface area (Å²) >= 11 is 0. The number of alkyl carbamates (subject to hydrolysis) is 1. The van der Waals surface area contributed by atoms with Crippen molar-refractivity contribution in [3.8, 4) is 0 Å². The molecule has 2 heterocycles. The van der Waals surface area contributed by atoms with Crippen molar-refractivity contribution in [1.82, 2.24) is 25.9 Å². The fourth-order valence-electron chi connectivity index (χ4n) is 3.61. The number of urea groups is 1. The van der Waals surface area contributed by atoms with Crippen LogP contribution in [0.15, 0.2) is 4.99 Å². The van der Waals surface area contributed by atoms with E-state index in [4.69, 9.17) is 14.9 Å². The van der Waals surface area contributed by atoms with E-state index in [2.05, 4.69) is 25.2 Å². The summed E-state index contributed by atoms with van der Waals surface area (Å²) in [5.41, 5.74) is -1.68. The molecular formula is C21H34N7NaO10S. The zero-order valence-electron chi connectivity index (χ0n) is 23.5. The van der Waals surface area contributed by atoms with E-state index in [1.54, 1.807) is 41.5 Å². The maximum atomic E-state index is 12.5. The minimum atomic E-state index is -5.16. The summed E-state index contributed by atoms with van der Waals surface area (Å²) in [7, 11) is -5.16. The molecule has 5 amide bonds. The Hall–Kier alpha value is -2.51. The van der Waals surface area contributed by atoms with E-state index >= 15 is 0 Å². The molecule has 0 aromatic carbocycles. The Bertz CT molecular complexity index is 1130. The van der Waals surface area contributed by atoms with Gasteiger partial charge in [-0.15, -0.1) is 4.99 Å². The van der Waals surface area contributed by atoms with Gasteiger partial charge in [0.05, 0.1) is 12.1 Å². The maximum absolute atomic E-state index is 12.5. The number of carbonyl (C=O) groups excluding carboxylic acids is 4. The second kappa shape index (κ2) is 13.9. The van der Waals surface area contributed by atoms with E-state index in [0.717, 1.165) is 4.90 Å². The van der Waals surface area contributed by atoms with Crippen molar-refractivity contribution < 1.29 is 75.5 Å². The minimum absolute atomic E-state index is 0. The van der Waals surface area contributed by atoms with Crippen LogP contribution in [0.1, 0.15) is 60.8 Å². The van der Waals surface area contributed by atoms with Gasteiger partial charge in [0.1, 0.15) is 17.0 Å². The summed E-state index contributed by atoms with van der Waals surface area (Å²) in [5, 5.41) is 16.0. The number of hydroxylamine groups is 2. The number of hydrogen-bond acceptors (Lipinski definition) is 11. The van der Waals surface area contributed by atoms with Gasteiger partial charge in [0.15, 0.2) is 0 Å². The molecule has 2 aliphatic heterocycles. The van der Waals surface area contributed by atoms with Gasteiger partial charge in [-0.05, 0) is 54.4 Å². The Morgan fingerprint density at radius 1 is 1.07 bits per heavy atom. The third-order valence-corrected chi connectivity index (χ3v) is 5.31. The normalized spacial score (nSPS) is 19.4. The van der Waals surface area contributed by atoms with Crippen LogP contribution in [0.2, 0.25) is 0 Å². The van der Waals surface area contributed by atoms with Crippen LogP contribution >= 0.6 is 0 Å². The molecule has 40 heavy (non-hydrogen) atoms. The molecule has 2 saturated heterocycles. The molecule has 19 heteroatoms. The number of amides is 5. The van der Waals surface area contributed by atoms with Gasteiger partial charge < -0.3 is 29.6 Å². The second-order valence-electron chi connectivity index (χ2n) is 10.7. The first kappa shape index (κ1) is 35.5. The molecule has 2 rings (SSSR count). The van der Waals surface area contributed by atoms with E-state index < -0.39 is 57.8 Å². The summed E-state index contributed by atoms with van der Waals surface area (Å²) in [6.45, 7) is 9.70. The average Bonchev–Trinajstić information content (AvgIpc) is 2.94. The van der Waals surface area contributed by atoms with Crippen molar-refractivity contribution >= 4 is 46.3 Å². The number of fused-ring (bicyclic) bond motifs is 2. The largest absolute Gasteiger partial charge is 1.00 e. The predicted octanol–water partition coefficient (Wildman–Crippen LogP) is -2.46. The third kappa shape index (κ3) is 11.9. The number of hydrogen-bond donors (Lipinski definition) is 4. The van der Waals surface area contributed by atoms with Crippen LogP contribution in [-0.2, 0) is 29.0 Å². The number of rotatable bonds is 6. The van der Waals surface area contributed by atoms with Gasteiger partial charge in [0, 0.05) is 19.5 Å². The molecule has 0 unspecified atom stereocenters. The molecule has 2 aliphatic rings. The molecule has 0 spiro atoms. The van der Waals surface area contributed by atoms with Crippen molar-refractivity contribution in [1.29, 1.82) is 5.41 Å². The Balaban J connectivity index is 0.00000800. The molecule has 0 saturated carbocycles. The molecule has 4 N–H and O–H groups in total. The van der Waals surface area contributed by atoms with Crippen LogP contribution in [0.3, 0.4) is 0 Å². The maximum Gasteiger partial charge on any atom is 1.00 e. The first-order valence-corrected chi connectivity index (χ1v) is 13.3. The minimum Gasteiger partial charge on any atom is -0.724 e. The average molecular weight is 600 g/mol. The number of ether oxygens (including phenoxy) is 2. The number of nitrogens with zero attached hydrogens (tertiary/aromatic N) is 3. The van der Waals surface area contributed by atoms with Gasteiger partial charge in [-0.25, -0.2) is 22.8 Å². The number of guanidine groups is 1. The molecular weight excluding hydrogens is 565 g/mol. The summed E-state index contributed by atoms with van der Waals surface area (Å²) in [4.78, 5) is 53.9. The zero-order chi connectivity index (χ0) is 29.8. The molecule has 0 aliphatic carbocycles. The summed E-state index contributed by atoms with van der Waals surface area (Å²) in [6, 6.07) is -2.45. The quantitative estimate of drug-likeness (QED) is 0.0822. The van der Waals surface area contributed by atoms with E-state index in [1.807, 2.05) is 0 Å². The van der Waals surface area contributed by atoms with Crippen molar-refractivity contribution in [3.05, 3.63) is 0 Å². The van der Waals surface area contributed by atoms with E-state index in [0.29, 0.717) is 5.06 Å². The van der Waals surface area contributed by atoms with E-state index in [1.165, 1.54) is 0 Å². The molecule has 0 aromatic heterocycles. The molecule has 2 bridgehead atoms. The van der Waals surface area contributed by atoms with Crippen molar-refractivity contribution in [2.24, 2.45) is 4.99 Å². The standard InChI is InChI=1S/C21H35N7O10S.Na/c1-20(2,3)36-17(30)25-16(26-18(31)37-21(4,5)6)23-10-9-14(29)24-15(22)13-8-7-12-11-27(13)19(32)28(12)38-39(33,34)35;/h12-13H,7-11H2,1-6H3,(H2,22,24,29)(H,33,34,35)(H2,23,25,26,30,31);/q;+1/p-1/t12-,13+;/m1./s1. The summed E-state index contributed by atoms with van der Waals surface area (Å²) in [5.74, 6) is -1.27. The van der Waals surface area contributed by atoms with E-state index in [-0.39, 0.29) is 73.7 Å². The molecule has 0 radical (unpaired) electrons. The van der Waals surface area contributed by atoms with Gasteiger partial charge in [-0.2, -0.15) is 9.35 Å². The molecule has 220 valence electrons. The van der Waals surface area contributed by atoms with Crippen LogP contribution in [0.4, 0.5) is 14.4 Å². The fourth-order valence-corrected chi connectivity index (χ4v) is 3.99. The number of carbonyl (C=O) groups is 4. The van der Waals surface area contributed by atoms with E-state index in [9.17, 15) is 32.1 Å². The monoisotopic (exact) mass is 599 g/mol. The number of piperidine rings is 1. The van der Waals surface area contributed by atoms with Crippen molar-refractivity contribution in [3.63, 3.8) is 0 Å². The molecule has 17 nitrogen and oxygen atoms in total. The van der Waals surface area contributed by atoms with Crippen LogP contribution in [-0.4, -0.2) is 95.2 Å². The first-order chi connectivity index (χ1) is 17.7. The third-order valence-electron chi connectivity index (χ3n) is 4.96. The number of amidine groups is 1. The van der Waals surface area contributed by atoms with Crippen LogP contribution in [0, 0.1) is 5.41 Å². The van der Waals surface area contributed by atoms with Gasteiger partial charge in [0.25, 0.3) is 0 Å². The zero-order valence-corrected chi connectivity index (χ0v) is 26.3. The molecule has 2 fully saturated rings. The van der Waals surface area contributed by atoms with Gasteiger partial charge in [-0.1, -0.05) is 0 Å². The first-order valence-electron chi connectivity index (χ1n) is 11.9. The number of nitrogens with one attached hydrogen (secondary N) is 4.